The van der Waals surface area contributed by atoms with E-state index in [2.05, 4.69) is 5.32 Å². The van der Waals surface area contributed by atoms with Gasteiger partial charge in [0, 0.05) is 6.54 Å². The maximum Gasteiger partial charge on any atom is 0.410 e. The normalized spacial score (nSPS) is 23.4. The second-order valence-corrected chi connectivity index (χ2v) is 11.3. The Morgan fingerprint density at radius 3 is 2.34 bits per heavy atom. The molecule has 3 rings (SSSR count). The first-order chi connectivity index (χ1) is 16.7. The summed E-state index contributed by atoms with van der Waals surface area (Å²) in [7, 11) is 0. The van der Waals surface area contributed by atoms with E-state index >= 15 is 0 Å². The van der Waals surface area contributed by atoms with E-state index in [9.17, 15) is 19.8 Å². The number of hydrogen-bond donors (Lipinski definition) is 3. The van der Waals surface area contributed by atoms with Gasteiger partial charge in [-0.15, -0.1) is 0 Å². The van der Waals surface area contributed by atoms with Gasteiger partial charge < -0.3 is 20.3 Å². The van der Waals surface area contributed by atoms with E-state index in [1.165, 1.54) is 43.4 Å². The molecule has 0 radical (unpaired) electrons. The summed E-state index contributed by atoms with van der Waals surface area (Å²) in [6.45, 7) is 5.50. The maximum atomic E-state index is 13.5. The number of rotatable bonds is 8. The molecule has 0 aromatic heterocycles. The fourth-order valence-corrected chi connectivity index (χ4v) is 5.42. The van der Waals surface area contributed by atoms with Crippen molar-refractivity contribution in [3.8, 4) is 0 Å². The van der Waals surface area contributed by atoms with Crippen LogP contribution in [0.4, 0.5) is 4.79 Å². The van der Waals surface area contributed by atoms with Crippen LogP contribution >= 0.6 is 0 Å². The molecule has 1 saturated heterocycles. The van der Waals surface area contributed by atoms with Crippen molar-refractivity contribution in [3.05, 3.63) is 35.9 Å². The lowest BCUT2D eigenvalue weighted by atomic mass is 9.80. The maximum absolute atomic E-state index is 13.5. The monoisotopic (exact) mass is 488 g/mol. The predicted molar refractivity (Wildman–Crippen MR) is 136 cm³/mol. The molecule has 0 bridgehead atoms. The van der Waals surface area contributed by atoms with Crippen LogP contribution in [0.3, 0.4) is 0 Å². The molecule has 0 spiro atoms. The summed E-state index contributed by atoms with van der Waals surface area (Å²) in [5, 5.41) is 23.5. The first-order valence-electron chi connectivity index (χ1n) is 13.3. The van der Waals surface area contributed by atoms with E-state index in [0.29, 0.717) is 24.4 Å². The van der Waals surface area contributed by atoms with Crippen molar-refractivity contribution >= 4 is 12.0 Å². The van der Waals surface area contributed by atoms with Gasteiger partial charge in [0.25, 0.3) is 0 Å². The number of ether oxygens (including phenoxy) is 1. The number of nitrogens with one attached hydrogen (secondary N) is 1. The molecule has 1 aromatic carbocycles. The Balaban J connectivity index is 1.69. The highest BCUT2D eigenvalue weighted by molar-refractivity contribution is 5.86. The third kappa shape index (κ3) is 8.21. The average Bonchev–Trinajstić information content (AvgIpc) is 2.85. The molecule has 2 fully saturated rings. The largest absolute Gasteiger partial charge is 0.444 e. The summed E-state index contributed by atoms with van der Waals surface area (Å²) in [5.41, 5.74) is -0.0440. The van der Waals surface area contributed by atoms with Crippen molar-refractivity contribution in [3.63, 3.8) is 0 Å². The van der Waals surface area contributed by atoms with Crippen LogP contribution in [0.25, 0.3) is 0 Å². The summed E-state index contributed by atoms with van der Waals surface area (Å²) in [6, 6.07) is 7.41. The fraction of sp³-hybridized carbons (Fsp3) is 0.714. The first-order valence-corrected chi connectivity index (χ1v) is 13.3. The molecule has 3 N–H and O–H groups in total. The van der Waals surface area contributed by atoms with Crippen LogP contribution < -0.4 is 5.32 Å². The molecule has 7 nitrogen and oxygen atoms in total. The van der Waals surface area contributed by atoms with Crippen molar-refractivity contribution in [1.29, 1.82) is 0 Å². The molecular weight excluding hydrogens is 444 g/mol. The Morgan fingerprint density at radius 1 is 1.06 bits per heavy atom. The number of hydrogen-bond acceptors (Lipinski definition) is 5. The number of carbonyl (C=O) groups is 2. The number of nitrogens with zero attached hydrogens (tertiary/aromatic N) is 1. The molecule has 2 amide bonds. The van der Waals surface area contributed by atoms with E-state index < -0.39 is 36.5 Å². The van der Waals surface area contributed by atoms with E-state index in [0.717, 1.165) is 18.8 Å². The highest BCUT2D eigenvalue weighted by atomic mass is 16.6. The fourth-order valence-electron chi connectivity index (χ4n) is 5.42. The number of amides is 2. The molecule has 2 aliphatic rings. The van der Waals surface area contributed by atoms with E-state index in [-0.39, 0.29) is 5.91 Å². The number of benzene rings is 1. The van der Waals surface area contributed by atoms with Crippen molar-refractivity contribution in [1.82, 2.24) is 10.2 Å². The smallest absolute Gasteiger partial charge is 0.410 e. The van der Waals surface area contributed by atoms with Crippen molar-refractivity contribution < 1.29 is 24.5 Å². The molecule has 4 atom stereocenters. The van der Waals surface area contributed by atoms with E-state index in [4.69, 9.17) is 4.74 Å². The van der Waals surface area contributed by atoms with E-state index in [1.54, 1.807) is 24.3 Å². The average molecular weight is 489 g/mol. The molecule has 1 aliphatic carbocycles. The number of carbonyl (C=O) groups excluding carboxylic acids is 2. The van der Waals surface area contributed by atoms with Crippen molar-refractivity contribution in [2.45, 2.75) is 102 Å². The molecule has 4 unspecified atom stereocenters. The Hall–Kier alpha value is -2.12. The Kier molecular flexibility index (Phi) is 9.99. The summed E-state index contributed by atoms with van der Waals surface area (Å²) in [4.78, 5) is 28.0. The SMILES string of the molecule is CC(C)(C)OC(=O)N1CCC(CCC2CCCCC2)CC1C(=O)NC(CO)C(O)c1ccccc1. The van der Waals surface area contributed by atoms with Crippen LogP contribution in [0.2, 0.25) is 0 Å². The minimum absolute atomic E-state index is 0.354. The highest BCUT2D eigenvalue weighted by Crippen LogP contribution is 2.33. The molecule has 35 heavy (non-hydrogen) atoms. The quantitative estimate of drug-likeness (QED) is 0.498. The molecule has 196 valence electrons. The Labute approximate surface area is 210 Å². The molecule has 7 heteroatoms. The van der Waals surface area contributed by atoms with Gasteiger partial charge in [-0.05, 0) is 51.0 Å². The van der Waals surface area contributed by atoms with Gasteiger partial charge in [-0.1, -0.05) is 75.3 Å². The van der Waals surface area contributed by atoms with Gasteiger partial charge in [-0.3, -0.25) is 9.69 Å². The lowest BCUT2D eigenvalue weighted by Crippen LogP contribution is -2.57. The van der Waals surface area contributed by atoms with Crippen LogP contribution in [0.15, 0.2) is 30.3 Å². The number of aliphatic hydroxyl groups excluding tert-OH is 2. The predicted octanol–water partition coefficient (Wildman–Crippen LogP) is 4.57. The van der Waals surface area contributed by atoms with Crippen LogP contribution in [-0.2, 0) is 9.53 Å². The molecule has 1 saturated carbocycles. The minimum atomic E-state index is -1.05. The zero-order valence-electron chi connectivity index (χ0n) is 21.6. The van der Waals surface area contributed by atoms with Gasteiger partial charge in [0.1, 0.15) is 17.7 Å². The number of likely N-dealkylation sites (tertiary alicyclic amines) is 1. The van der Waals surface area contributed by atoms with Crippen LogP contribution in [0.1, 0.15) is 90.2 Å². The summed E-state index contributed by atoms with van der Waals surface area (Å²) >= 11 is 0. The number of piperidine rings is 1. The van der Waals surface area contributed by atoms with Gasteiger partial charge in [-0.25, -0.2) is 4.79 Å². The number of aliphatic hydroxyl groups is 2. The van der Waals surface area contributed by atoms with E-state index in [1.807, 2.05) is 26.8 Å². The third-order valence-corrected chi connectivity index (χ3v) is 7.40. The van der Waals surface area contributed by atoms with Gasteiger partial charge in [0.15, 0.2) is 0 Å². The molecular formula is C28H44N2O5. The van der Waals surface area contributed by atoms with Crippen molar-refractivity contribution in [2.75, 3.05) is 13.2 Å². The van der Waals surface area contributed by atoms with Crippen molar-refractivity contribution in [2.24, 2.45) is 11.8 Å². The minimum Gasteiger partial charge on any atom is -0.444 e. The Bertz CT molecular complexity index is 803. The highest BCUT2D eigenvalue weighted by Gasteiger charge is 2.39. The van der Waals surface area contributed by atoms with Gasteiger partial charge in [0.2, 0.25) is 5.91 Å². The lowest BCUT2D eigenvalue weighted by molar-refractivity contribution is -0.130. The van der Waals surface area contributed by atoms with Gasteiger partial charge in [0.05, 0.1) is 12.6 Å². The van der Waals surface area contributed by atoms with Gasteiger partial charge >= 0.3 is 6.09 Å². The summed E-state index contributed by atoms with van der Waals surface area (Å²) in [5.74, 6) is 0.782. The standard InChI is InChI=1S/C28H44N2O5/c1-28(2,3)35-27(34)30-17-16-21(15-14-20-10-6-4-7-11-20)18-24(30)26(33)29-23(19-31)25(32)22-12-8-5-9-13-22/h5,8-9,12-13,20-21,23-25,31-32H,4,6-7,10-11,14-19H2,1-3H3,(H,29,33). The second-order valence-electron chi connectivity index (χ2n) is 11.3. The zero-order chi connectivity index (χ0) is 25.4. The molecule has 1 aromatic rings. The topological polar surface area (TPSA) is 99.1 Å². The molecule has 1 aliphatic heterocycles. The van der Waals surface area contributed by atoms with Crippen LogP contribution in [0, 0.1) is 11.8 Å². The lowest BCUT2D eigenvalue weighted by Gasteiger charge is -2.40. The van der Waals surface area contributed by atoms with Crippen LogP contribution in [-0.4, -0.2) is 57.9 Å². The third-order valence-electron chi connectivity index (χ3n) is 7.40. The molecule has 1 heterocycles. The van der Waals surface area contributed by atoms with Crippen LogP contribution in [0.5, 0.6) is 0 Å². The second kappa shape index (κ2) is 12.7. The summed E-state index contributed by atoms with van der Waals surface area (Å²) in [6.07, 6.45) is 8.70. The summed E-state index contributed by atoms with van der Waals surface area (Å²) < 4.78 is 5.60. The van der Waals surface area contributed by atoms with Gasteiger partial charge in [-0.2, -0.15) is 0 Å². The zero-order valence-corrected chi connectivity index (χ0v) is 21.6. The first kappa shape index (κ1) is 27.5. The Morgan fingerprint density at radius 2 is 1.71 bits per heavy atom.